The van der Waals surface area contributed by atoms with Crippen LogP contribution >= 0.6 is 0 Å². The monoisotopic (exact) mass is 132 g/mol. The van der Waals surface area contributed by atoms with Crippen LogP contribution in [-0.4, -0.2) is 12.0 Å². The summed E-state index contributed by atoms with van der Waals surface area (Å²) in [5, 5.41) is 9.45. The Morgan fingerprint density at radius 2 is 2.00 bits per heavy atom. The number of carbonyl (C=O) groups excluding carboxylic acids is 1. The maximum atomic E-state index is 10.3. The first-order chi connectivity index (χ1) is 4.09. The molecule has 0 amide bonds. The summed E-state index contributed by atoms with van der Waals surface area (Å²) in [6, 6.07) is -0.789. The molecular weight excluding hydrogens is 122 g/mol. The van der Waals surface area contributed by atoms with Gasteiger partial charge in [0.2, 0.25) is 0 Å². The molecule has 1 radical (unpaired) electrons. The third-order valence-corrected chi connectivity index (χ3v) is 1.07. The first kappa shape index (κ1) is 8.39. The van der Waals surface area contributed by atoms with Crippen LogP contribution in [0.15, 0.2) is 0 Å². The van der Waals surface area contributed by atoms with E-state index in [2.05, 4.69) is 4.89 Å². The Morgan fingerprint density at radius 1 is 1.56 bits per heavy atom. The summed E-state index contributed by atoms with van der Waals surface area (Å²) < 4.78 is 0. The molecule has 0 unspecified atom stereocenters. The molecule has 0 saturated heterocycles. The molecule has 0 aromatic rings. The van der Waals surface area contributed by atoms with Gasteiger partial charge in [-0.05, 0) is 5.92 Å². The summed E-state index contributed by atoms with van der Waals surface area (Å²) in [7, 11) is 0. The first-order valence-electron chi connectivity index (χ1n) is 2.68. The number of carbonyl (C=O) groups is 1. The van der Waals surface area contributed by atoms with Gasteiger partial charge in [-0.25, -0.2) is 4.79 Å². The van der Waals surface area contributed by atoms with Crippen molar-refractivity contribution in [3.63, 3.8) is 0 Å². The summed E-state index contributed by atoms with van der Waals surface area (Å²) in [5.41, 5.74) is 5.20. The van der Waals surface area contributed by atoms with E-state index in [4.69, 9.17) is 5.73 Å². The molecule has 1 atom stereocenters. The standard InChI is InChI=1S/C5H10NO3/c1-3(2)4(6)5(7)9-8/h3-4H,6H2,1-2H3/t4-/m0/s1. The molecule has 4 heteroatoms. The maximum Gasteiger partial charge on any atom is 0.362 e. The van der Waals surface area contributed by atoms with E-state index in [0.717, 1.165) is 0 Å². The Balaban J connectivity index is 3.72. The predicted molar refractivity (Wildman–Crippen MR) is 29.6 cm³/mol. The SMILES string of the molecule is CC(C)[C@H](N)C(=O)O[O]. The van der Waals surface area contributed by atoms with Gasteiger partial charge in [0.25, 0.3) is 0 Å². The van der Waals surface area contributed by atoms with Gasteiger partial charge in [0, 0.05) is 5.26 Å². The summed E-state index contributed by atoms with van der Waals surface area (Å²) in [4.78, 5) is 13.5. The zero-order chi connectivity index (χ0) is 7.44. The number of hydrogen-bond acceptors (Lipinski definition) is 3. The van der Waals surface area contributed by atoms with Crippen LogP contribution in [0.3, 0.4) is 0 Å². The molecule has 0 aromatic heterocycles. The van der Waals surface area contributed by atoms with Crippen LogP contribution in [0.1, 0.15) is 13.8 Å². The van der Waals surface area contributed by atoms with Crippen molar-refractivity contribution in [1.82, 2.24) is 0 Å². The Bertz CT molecular complexity index is 102. The molecule has 2 N–H and O–H groups in total. The second kappa shape index (κ2) is 3.42. The average Bonchev–Trinajstić information content (AvgIpc) is 1.84. The van der Waals surface area contributed by atoms with Crippen molar-refractivity contribution in [3.8, 4) is 0 Å². The molecular formula is C5H10NO3. The molecule has 4 nitrogen and oxygen atoms in total. The van der Waals surface area contributed by atoms with Gasteiger partial charge in [0.1, 0.15) is 6.04 Å². The van der Waals surface area contributed by atoms with E-state index in [1.807, 2.05) is 0 Å². The molecule has 0 spiro atoms. The fraction of sp³-hybridized carbons (Fsp3) is 0.800. The largest absolute Gasteiger partial charge is 0.362 e. The highest BCUT2D eigenvalue weighted by Crippen LogP contribution is 1.98. The van der Waals surface area contributed by atoms with Crippen molar-refractivity contribution in [2.45, 2.75) is 19.9 Å². The minimum Gasteiger partial charge on any atom is -0.318 e. The molecule has 0 aliphatic carbocycles. The molecule has 0 aliphatic heterocycles. The smallest absolute Gasteiger partial charge is 0.318 e. The van der Waals surface area contributed by atoms with Crippen LogP contribution in [0, 0.1) is 5.92 Å². The average molecular weight is 132 g/mol. The molecule has 0 fully saturated rings. The molecule has 53 valence electrons. The van der Waals surface area contributed by atoms with Crippen LogP contribution in [0.2, 0.25) is 0 Å². The topological polar surface area (TPSA) is 72.2 Å². The van der Waals surface area contributed by atoms with Crippen LogP contribution in [0.25, 0.3) is 0 Å². The molecule has 0 bridgehead atoms. The van der Waals surface area contributed by atoms with Gasteiger partial charge < -0.3 is 5.73 Å². The fourth-order valence-electron chi connectivity index (χ4n) is 0.328. The zero-order valence-electron chi connectivity index (χ0n) is 5.46. The third-order valence-electron chi connectivity index (χ3n) is 1.07. The summed E-state index contributed by atoms with van der Waals surface area (Å²) in [6.07, 6.45) is 0. The minimum atomic E-state index is -0.898. The second-order valence-corrected chi connectivity index (χ2v) is 2.17. The molecule has 0 aliphatic rings. The van der Waals surface area contributed by atoms with Crippen molar-refractivity contribution in [3.05, 3.63) is 0 Å². The van der Waals surface area contributed by atoms with E-state index in [-0.39, 0.29) is 5.92 Å². The summed E-state index contributed by atoms with van der Waals surface area (Å²) >= 11 is 0. The van der Waals surface area contributed by atoms with Crippen molar-refractivity contribution in [1.29, 1.82) is 0 Å². The third kappa shape index (κ3) is 2.43. The lowest BCUT2D eigenvalue weighted by atomic mass is 10.1. The van der Waals surface area contributed by atoms with Crippen molar-refractivity contribution < 1.29 is 14.9 Å². The van der Waals surface area contributed by atoms with Crippen molar-refractivity contribution >= 4 is 5.97 Å². The van der Waals surface area contributed by atoms with E-state index in [1.54, 1.807) is 13.8 Å². The quantitative estimate of drug-likeness (QED) is 0.419. The minimum absolute atomic E-state index is 0.0496. The van der Waals surface area contributed by atoms with Gasteiger partial charge >= 0.3 is 5.97 Å². The Hall–Kier alpha value is -0.610. The summed E-state index contributed by atoms with van der Waals surface area (Å²) in [6.45, 7) is 3.48. The van der Waals surface area contributed by atoms with E-state index >= 15 is 0 Å². The lowest BCUT2D eigenvalue weighted by Crippen LogP contribution is -2.36. The number of nitrogens with two attached hydrogens (primary N) is 1. The van der Waals surface area contributed by atoms with Gasteiger partial charge in [0.05, 0.1) is 0 Å². The highest BCUT2D eigenvalue weighted by atomic mass is 17.1. The number of rotatable bonds is 2. The molecule has 0 aromatic carbocycles. The number of hydrogen-bond donors (Lipinski definition) is 1. The van der Waals surface area contributed by atoms with Crippen molar-refractivity contribution in [2.24, 2.45) is 11.7 Å². The molecule has 0 heterocycles. The van der Waals surface area contributed by atoms with Gasteiger partial charge in [-0.1, -0.05) is 13.8 Å². The van der Waals surface area contributed by atoms with Crippen molar-refractivity contribution in [2.75, 3.05) is 0 Å². The second-order valence-electron chi connectivity index (χ2n) is 2.17. The van der Waals surface area contributed by atoms with Gasteiger partial charge in [-0.3, -0.25) is 4.89 Å². The van der Waals surface area contributed by atoms with E-state index in [9.17, 15) is 10.1 Å². The normalized spacial score (nSPS) is 13.4. The van der Waals surface area contributed by atoms with Gasteiger partial charge in [0.15, 0.2) is 0 Å². The first-order valence-corrected chi connectivity index (χ1v) is 2.68. The van der Waals surface area contributed by atoms with Gasteiger partial charge in [-0.15, -0.1) is 0 Å². The Kier molecular flexibility index (Phi) is 3.19. The molecule has 0 rings (SSSR count). The Labute approximate surface area is 53.5 Å². The zero-order valence-corrected chi connectivity index (χ0v) is 5.46. The lowest BCUT2D eigenvalue weighted by Gasteiger charge is -2.08. The Morgan fingerprint density at radius 3 is 2.11 bits per heavy atom. The van der Waals surface area contributed by atoms with E-state index in [1.165, 1.54) is 0 Å². The predicted octanol–water partition coefficient (Wildman–Crippen LogP) is -0.142. The lowest BCUT2D eigenvalue weighted by molar-refractivity contribution is -0.280. The molecule has 0 saturated carbocycles. The van der Waals surface area contributed by atoms with E-state index < -0.39 is 12.0 Å². The maximum absolute atomic E-state index is 10.3. The van der Waals surface area contributed by atoms with Crippen LogP contribution in [0.5, 0.6) is 0 Å². The fourth-order valence-corrected chi connectivity index (χ4v) is 0.328. The molecule has 9 heavy (non-hydrogen) atoms. The summed E-state index contributed by atoms with van der Waals surface area (Å²) in [5.74, 6) is -0.948. The van der Waals surface area contributed by atoms with Crippen LogP contribution in [0.4, 0.5) is 0 Å². The highest BCUT2D eigenvalue weighted by Gasteiger charge is 2.18. The van der Waals surface area contributed by atoms with E-state index in [0.29, 0.717) is 0 Å². The van der Waals surface area contributed by atoms with Crippen LogP contribution < -0.4 is 5.73 Å². The van der Waals surface area contributed by atoms with Gasteiger partial charge in [-0.2, -0.15) is 0 Å². The van der Waals surface area contributed by atoms with Crippen LogP contribution in [-0.2, 0) is 14.9 Å². The highest BCUT2D eigenvalue weighted by molar-refractivity contribution is 5.74.